The molecule has 2 heteroatoms. The number of fused-ring (bicyclic) bond motifs is 4. The number of ketones is 2. The molecule has 0 N–H and O–H groups in total. The summed E-state index contributed by atoms with van der Waals surface area (Å²) >= 11 is 0. The molecule has 2 fully saturated rings. The van der Waals surface area contributed by atoms with Crippen LogP contribution < -0.4 is 0 Å². The number of Topliss-reactive ketones (excluding diaryl/α,β-unsaturated/α-hetero) is 2. The third-order valence-corrected chi connectivity index (χ3v) is 11.5. The third kappa shape index (κ3) is 3.24. The summed E-state index contributed by atoms with van der Waals surface area (Å²) in [5, 5.41) is 0. The van der Waals surface area contributed by atoms with E-state index in [-0.39, 0.29) is 27.6 Å². The molecule has 0 radical (unpaired) electrons. The highest BCUT2D eigenvalue weighted by atomic mass is 16.1. The lowest BCUT2D eigenvalue weighted by Crippen LogP contribution is -2.56. The SMILES string of the molecule is CC(C)CCC[C@@H](C)[C@@H]1CC[C@]2(C)C3=C(CC[C@@]12C)[C@@]1(C)CCC(=O)C(C)(C)C1CC3=O. The van der Waals surface area contributed by atoms with E-state index in [4.69, 9.17) is 0 Å². The normalized spacial score (nSPS) is 42.0. The van der Waals surface area contributed by atoms with Gasteiger partial charge in [-0.2, -0.15) is 0 Å². The van der Waals surface area contributed by atoms with E-state index in [0.717, 1.165) is 37.0 Å². The topological polar surface area (TPSA) is 34.1 Å². The summed E-state index contributed by atoms with van der Waals surface area (Å²) in [5.74, 6) is 3.15. The molecule has 6 atom stereocenters. The quantitative estimate of drug-likeness (QED) is 0.434. The van der Waals surface area contributed by atoms with E-state index in [1.165, 1.54) is 43.3 Å². The molecule has 0 aromatic heterocycles. The second-order valence-corrected chi connectivity index (χ2v) is 13.8. The molecule has 0 amide bonds. The van der Waals surface area contributed by atoms with Gasteiger partial charge in [0.1, 0.15) is 5.78 Å². The Morgan fingerprint density at radius 1 is 0.906 bits per heavy atom. The zero-order chi connectivity index (χ0) is 23.7. The Morgan fingerprint density at radius 2 is 1.59 bits per heavy atom. The Balaban J connectivity index is 1.69. The molecule has 32 heavy (non-hydrogen) atoms. The lowest BCUT2D eigenvalue weighted by atomic mass is 9.43. The van der Waals surface area contributed by atoms with Crippen LogP contribution in [0, 0.1) is 45.3 Å². The predicted molar refractivity (Wildman–Crippen MR) is 132 cm³/mol. The minimum absolute atomic E-state index is 0.00815. The van der Waals surface area contributed by atoms with Gasteiger partial charge in [-0.3, -0.25) is 9.59 Å². The average Bonchev–Trinajstić information content (AvgIpc) is 2.98. The molecule has 180 valence electrons. The zero-order valence-electron chi connectivity index (χ0n) is 22.2. The fraction of sp³-hybridized carbons (Fsp3) is 0.867. The summed E-state index contributed by atoms with van der Waals surface area (Å²) in [5.41, 5.74) is 2.56. The maximum absolute atomic E-state index is 13.9. The van der Waals surface area contributed by atoms with Gasteiger partial charge in [0.05, 0.1) is 0 Å². The average molecular weight is 441 g/mol. The van der Waals surface area contributed by atoms with Gasteiger partial charge >= 0.3 is 0 Å². The van der Waals surface area contributed by atoms with E-state index in [1.54, 1.807) is 0 Å². The standard InChI is InChI=1S/C30H48O2/c1-19(2)10-9-11-20(3)21-12-17-30(8)26-22(13-16-29(21,30)7)28(6)15-14-25(32)27(4,5)24(28)18-23(26)31/h19-21,24H,9-18H2,1-8H3/t20-,21+,24?,28-,29+,30-/m1/s1. The number of hydrogen-bond donors (Lipinski definition) is 0. The van der Waals surface area contributed by atoms with Gasteiger partial charge in [-0.05, 0) is 66.6 Å². The summed E-state index contributed by atoms with van der Waals surface area (Å²) in [6.07, 6.45) is 10.9. The Bertz CT molecular complexity index is 832. The first-order valence-corrected chi connectivity index (χ1v) is 13.6. The lowest BCUT2D eigenvalue weighted by molar-refractivity contribution is -0.142. The number of allylic oxidation sites excluding steroid dienone is 2. The van der Waals surface area contributed by atoms with Crippen LogP contribution in [0.3, 0.4) is 0 Å². The smallest absolute Gasteiger partial charge is 0.159 e. The summed E-state index contributed by atoms with van der Waals surface area (Å²) in [7, 11) is 0. The van der Waals surface area contributed by atoms with Gasteiger partial charge in [-0.1, -0.05) is 80.2 Å². The molecule has 0 bridgehead atoms. The number of carbonyl (C=O) groups excluding carboxylic acids is 2. The van der Waals surface area contributed by atoms with Crippen LogP contribution in [-0.4, -0.2) is 11.6 Å². The van der Waals surface area contributed by atoms with Crippen molar-refractivity contribution < 1.29 is 9.59 Å². The maximum atomic E-state index is 13.9. The van der Waals surface area contributed by atoms with Crippen LogP contribution in [0.4, 0.5) is 0 Å². The molecule has 0 heterocycles. The first-order chi connectivity index (χ1) is 14.8. The monoisotopic (exact) mass is 440 g/mol. The molecular weight excluding hydrogens is 392 g/mol. The zero-order valence-corrected chi connectivity index (χ0v) is 22.2. The van der Waals surface area contributed by atoms with Gasteiger partial charge in [-0.15, -0.1) is 0 Å². The van der Waals surface area contributed by atoms with Crippen LogP contribution in [0.1, 0.15) is 120 Å². The summed E-state index contributed by atoms with van der Waals surface area (Å²) in [6.45, 7) is 18.7. The summed E-state index contributed by atoms with van der Waals surface area (Å²) < 4.78 is 0. The minimum atomic E-state index is -0.383. The second kappa shape index (κ2) is 7.81. The van der Waals surface area contributed by atoms with Crippen molar-refractivity contribution >= 4 is 11.6 Å². The molecule has 0 saturated heterocycles. The van der Waals surface area contributed by atoms with E-state index < -0.39 is 0 Å². The van der Waals surface area contributed by atoms with Crippen LogP contribution in [0.25, 0.3) is 0 Å². The predicted octanol–water partition coefficient (Wildman–Crippen LogP) is 7.95. The largest absolute Gasteiger partial charge is 0.299 e. The highest BCUT2D eigenvalue weighted by Crippen LogP contribution is 2.71. The molecular formula is C30H48O2. The molecule has 0 aliphatic heterocycles. The molecule has 4 aliphatic carbocycles. The van der Waals surface area contributed by atoms with Crippen molar-refractivity contribution in [1.29, 1.82) is 0 Å². The summed E-state index contributed by atoms with van der Waals surface area (Å²) in [6, 6.07) is 0. The van der Waals surface area contributed by atoms with Crippen molar-refractivity contribution in [2.75, 3.05) is 0 Å². The number of hydrogen-bond acceptors (Lipinski definition) is 2. The van der Waals surface area contributed by atoms with Crippen molar-refractivity contribution in [2.45, 2.75) is 120 Å². The van der Waals surface area contributed by atoms with Crippen LogP contribution in [0.5, 0.6) is 0 Å². The van der Waals surface area contributed by atoms with Crippen molar-refractivity contribution in [2.24, 2.45) is 45.3 Å². The van der Waals surface area contributed by atoms with Gasteiger partial charge in [0, 0.05) is 29.2 Å². The van der Waals surface area contributed by atoms with Crippen LogP contribution in [-0.2, 0) is 9.59 Å². The Labute approximate surface area is 197 Å². The molecule has 1 unspecified atom stereocenters. The molecule has 0 aromatic rings. The molecule has 4 aliphatic rings. The van der Waals surface area contributed by atoms with Gasteiger partial charge in [0.15, 0.2) is 5.78 Å². The molecule has 2 saturated carbocycles. The van der Waals surface area contributed by atoms with Crippen LogP contribution in [0.15, 0.2) is 11.1 Å². The van der Waals surface area contributed by atoms with Crippen molar-refractivity contribution in [3.63, 3.8) is 0 Å². The van der Waals surface area contributed by atoms with Crippen molar-refractivity contribution in [1.82, 2.24) is 0 Å². The molecule has 2 nitrogen and oxygen atoms in total. The van der Waals surface area contributed by atoms with E-state index in [0.29, 0.717) is 24.4 Å². The Kier molecular flexibility index (Phi) is 5.91. The Hall–Kier alpha value is -0.920. The van der Waals surface area contributed by atoms with Gasteiger partial charge in [0.2, 0.25) is 0 Å². The molecule has 0 spiro atoms. The molecule has 0 aromatic carbocycles. The van der Waals surface area contributed by atoms with E-state index in [2.05, 4.69) is 55.4 Å². The minimum Gasteiger partial charge on any atom is -0.299 e. The lowest BCUT2D eigenvalue weighted by Gasteiger charge is -2.60. The van der Waals surface area contributed by atoms with Gasteiger partial charge in [-0.25, -0.2) is 0 Å². The van der Waals surface area contributed by atoms with E-state index in [1.807, 2.05) is 0 Å². The Morgan fingerprint density at radius 3 is 2.25 bits per heavy atom. The third-order valence-electron chi connectivity index (χ3n) is 11.5. The van der Waals surface area contributed by atoms with Gasteiger partial charge < -0.3 is 0 Å². The van der Waals surface area contributed by atoms with Crippen molar-refractivity contribution in [3.05, 3.63) is 11.1 Å². The first kappa shape index (κ1) is 24.2. The number of rotatable bonds is 5. The fourth-order valence-electron chi connectivity index (χ4n) is 9.17. The highest BCUT2D eigenvalue weighted by Gasteiger charge is 2.65. The number of carbonyl (C=O) groups is 2. The molecule has 4 rings (SSSR count). The highest BCUT2D eigenvalue weighted by molar-refractivity contribution is 6.00. The fourth-order valence-corrected chi connectivity index (χ4v) is 9.17. The van der Waals surface area contributed by atoms with E-state index >= 15 is 0 Å². The van der Waals surface area contributed by atoms with Gasteiger partial charge in [0.25, 0.3) is 0 Å². The second-order valence-electron chi connectivity index (χ2n) is 13.8. The summed E-state index contributed by atoms with van der Waals surface area (Å²) in [4.78, 5) is 26.7. The van der Waals surface area contributed by atoms with Crippen LogP contribution >= 0.6 is 0 Å². The van der Waals surface area contributed by atoms with Crippen LogP contribution in [0.2, 0.25) is 0 Å². The first-order valence-electron chi connectivity index (χ1n) is 13.6. The van der Waals surface area contributed by atoms with E-state index in [9.17, 15) is 9.59 Å². The van der Waals surface area contributed by atoms with Crippen molar-refractivity contribution in [3.8, 4) is 0 Å². The maximum Gasteiger partial charge on any atom is 0.159 e.